The standard InChI is InChI=1S/C19H31N5O.HI/c1-4-24-12-6-9-17(24)14-23-19(20-3)22-11-10-21-18(25)16-8-5-7-15(2)13-16;/h5,7-8,13,17H,4,6,9-12,14H2,1-3H3,(H,21,25)(H2,20,22,23);1H. The van der Waals surface area contributed by atoms with E-state index in [0.717, 1.165) is 24.6 Å². The van der Waals surface area contributed by atoms with E-state index in [4.69, 9.17) is 0 Å². The lowest BCUT2D eigenvalue weighted by Crippen LogP contribution is -2.46. The molecule has 2 rings (SSSR count). The maximum absolute atomic E-state index is 12.1. The number of nitrogens with zero attached hydrogens (tertiary/aromatic N) is 2. The number of aliphatic imine (C=N–C) groups is 1. The molecule has 0 bridgehead atoms. The van der Waals surface area contributed by atoms with E-state index >= 15 is 0 Å². The lowest BCUT2D eigenvalue weighted by molar-refractivity contribution is 0.0954. The molecule has 3 N–H and O–H groups in total. The van der Waals surface area contributed by atoms with Crippen molar-refractivity contribution < 1.29 is 4.79 Å². The Bertz CT molecular complexity index is 593. The van der Waals surface area contributed by atoms with E-state index in [2.05, 4.69) is 32.8 Å². The van der Waals surface area contributed by atoms with Crippen molar-refractivity contribution in [2.24, 2.45) is 4.99 Å². The molecule has 1 heterocycles. The Hall–Kier alpha value is -1.35. The van der Waals surface area contributed by atoms with Crippen LogP contribution in [0.25, 0.3) is 0 Å². The first-order valence-corrected chi connectivity index (χ1v) is 9.17. The molecule has 0 aliphatic carbocycles. The van der Waals surface area contributed by atoms with Gasteiger partial charge in [0.05, 0.1) is 0 Å². The number of amides is 1. The van der Waals surface area contributed by atoms with E-state index in [1.165, 1.54) is 19.4 Å². The summed E-state index contributed by atoms with van der Waals surface area (Å²) in [7, 11) is 1.77. The Morgan fingerprint density at radius 2 is 2.04 bits per heavy atom. The van der Waals surface area contributed by atoms with E-state index in [0.29, 0.717) is 24.7 Å². The molecule has 1 aromatic carbocycles. The van der Waals surface area contributed by atoms with Crippen LogP contribution < -0.4 is 16.0 Å². The van der Waals surface area contributed by atoms with Crippen molar-refractivity contribution in [2.45, 2.75) is 32.7 Å². The smallest absolute Gasteiger partial charge is 0.251 e. The molecule has 7 heteroatoms. The summed E-state index contributed by atoms with van der Waals surface area (Å²) in [6.07, 6.45) is 2.52. The van der Waals surface area contributed by atoms with E-state index in [9.17, 15) is 4.79 Å². The first kappa shape index (κ1) is 22.7. The summed E-state index contributed by atoms with van der Waals surface area (Å²) >= 11 is 0. The highest BCUT2D eigenvalue weighted by Crippen LogP contribution is 2.15. The number of halogens is 1. The molecule has 1 aliphatic heterocycles. The Morgan fingerprint density at radius 3 is 2.73 bits per heavy atom. The highest BCUT2D eigenvalue weighted by atomic mass is 127. The van der Waals surface area contributed by atoms with Crippen molar-refractivity contribution in [3.8, 4) is 0 Å². The fourth-order valence-electron chi connectivity index (χ4n) is 3.22. The number of likely N-dealkylation sites (tertiary alicyclic amines) is 1. The molecule has 0 aromatic heterocycles. The van der Waals surface area contributed by atoms with Gasteiger partial charge in [-0.15, -0.1) is 24.0 Å². The minimum absolute atomic E-state index is 0. The molecule has 1 aromatic rings. The molecule has 1 atom stereocenters. The van der Waals surface area contributed by atoms with Gasteiger partial charge in [0.2, 0.25) is 0 Å². The molecule has 0 spiro atoms. The molecule has 1 aliphatic rings. The predicted molar refractivity (Wildman–Crippen MR) is 119 cm³/mol. The molecule has 146 valence electrons. The van der Waals surface area contributed by atoms with Crippen LogP contribution >= 0.6 is 24.0 Å². The molecule has 1 saturated heterocycles. The maximum atomic E-state index is 12.1. The summed E-state index contributed by atoms with van der Waals surface area (Å²) < 4.78 is 0. The number of carbonyl (C=O) groups is 1. The third kappa shape index (κ3) is 7.11. The Kier molecular flexibility index (Phi) is 10.6. The monoisotopic (exact) mass is 473 g/mol. The number of carbonyl (C=O) groups excluding carboxylic acids is 1. The summed E-state index contributed by atoms with van der Waals surface area (Å²) in [5.41, 5.74) is 1.78. The molecule has 0 radical (unpaired) electrons. The normalized spacial score (nSPS) is 17.5. The summed E-state index contributed by atoms with van der Waals surface area (Å²) in [5.74, 6) is 0.741. The molecule has 1 unspecified atom stereocenters. The van der Waals surface area contributed by atoms with E-state index in [1.54, 1.807) is 7.05 Å². The van der Waals surface area contributed by atoms with Crippen molar-refractivity contribution in [3.05, 3.63) is 35.4 Å². The number of benzene rings is 1. The zero-order valence-electron chi connectivity index (χ0n) is 16.0. The SMILES string of the molecule is CCN1CCCC1CNC(=NC)NCCNC(=O)c1cccc(C)c1.I. The van der Waals surface area contributed by atoms with Crippen molar-refractivity contribution in [1.82, 2.24) is 20.9 Å². The third-order valence-corrected chi connectivity index (χ3v) is 4.62. The average Bonchev–Trinajstić information content (AvgIpc) is 3.08. The van der Waals surface area contributed by atoms with Crippen LogP contribution in [0.5, 0.6) is 0 Å². The van der Waals surface area contributed by atoms with Gasteiger partial charge in [-0.2, -0.15) is 0 Å². The first-order chi connectivity index (χ1) is 12.1. The van der Waals surface area contributed by atoms with Crippen molar-refractivity contribution in [1.29, 1.82) is 0 Å². The number of nitrogens with one attached hydrogen (secondary N) is 3. The van der Waals surface area contributed by atoms with E-state index in [1.807, 2.05) is 31.2 Å². The van der Waals surface area contributed by atoms with Gasteiger partial charge in [-0.05, 0) is 45.0 Å². The Balaban J connectivity index is 0.00000338. The number of rotatable bonds is 7. The van der Waals surface area contributed by atoms with Crippen LogP contribution in [-0.2, 0) is 0 Å². The van der Waals surface area contributed by atoms with Gasteiger partial charge in [-0.3, -0.25) is 14.7 Å². The summed E-state index contributed by atoms with van der Waals surface area (Å²) in [6.45, 7) is 8.59. The lowest BCUT2D eigenvalue weighted by atomic mass is 10.1. The van der Waals surface area contributed by atoms with Crippen molar-refractivity contribution in [3.63, 3.8) is 0 Å². The molecular weight excluding hydrogens is 441 g/mol. The van der Waals surface area contributed by atoms with E-state index in [-0.39, 0.29) is 29.9 Å². The zero-order chi connectivity index (χ0) is 18.1. The summed E-state index contributed by atoms with van der Waals surface area (Å²) in [4.78, 5) is 18.8. The second-order valence-corrected chi connectivity index (χ2v) is 6.43. The van der Waals surface area contributed by atoms with Crippen LogP contribution in [0.1, 0.15) is 35.7 Å². The molecule has 26 heavy (non-hydrogen) atoms. The van der Waals surface area contributed by atoms with Gasteiger partial charge in [0.15, 0.2) is 5.96 Å². The molecule has 0 saturated carbocycles. The minimum atomic E-state index is -0.0435. The minimum Gasteiger partial charge on any atom is -0.355 e. The van der Waals surface area contributed by atoms with Gasteiger partial charge in [0, 0.05) is 38.3 Å². The van der Waals surface area contributed by atoms with Gasteiger partial charge >= 0.3 is 0 Å². The number of hydrogen-bond acceptors (Lipinski definition) is 3. The number of hydrogen-bond donors (Lipinski definition) is 3. The topological polar surface area (TPSA) is 68.8 Å². The number of guanidine groups is 1. The zero-order valence-corrected chi connectivity index (χ0v) is 18.4. The van der Waals surface area contributed by atoms with Crippen LogP contribution in [0.3, 0.4) is 0 Å². The highest BCUT2D eigenvalue weighted by Gasteiger charge is 2.22. The Morgan fingerprint density at radius 1 is 1.27 bits per heavy atom. The summed E-state index contributed by atoms with van der Waals surface area (Å²) in [5, 5.41) is 9.56. The van der Waals surface area contributed by atoms with Gasteiger partial charge in [0.1, 0.15) is 0 Å². The third-order valence-electron chi connectivity index (χ3n) is 4.62. The average molecular weight is 473 g/mol. The predicted octanol–water partition coefficient (Wildman–Crippen LogP) is 1.99. The van der Waals surface area contributed by atoms with Gasteiger partial charge in [-0.1, -0.05) is 24.6 Å². The first-order valence-electron chi connectivity index (χ1n) is 9.17. The fraction of sp³-hybridized carbons (Fsp3) is 0.579. The van der Waals surface area contributed by atoms with E-state index < -0.39 is 0 Å². The van der Waals surface area contributed by atoms with Crippen LogP contribution in [0.2, 0.25) is 0 Å². The highest BCUT2D eigenvalue weighted by molar-refractivity contribution is 14.0. The number of aryl methyl sites for hydroxylation is 1. The van der Waals surface area contributed by atoms with Gasteiger partial charge in [0.25, 0.3) is 5.91 Å². The van der Waals surface area contributed by atoms with Gasteiger partial charge in [-0.25, -0.2) is 0 Å². The van der Waals surface area contributed by atoms with Crippen LogP contribution in [0, 0.1) is 6.92 Å². The van der Waals surface area contributed by atoms with Crippen LogP contribution in [0.4, 0.5) is 0 Å². The Labute approximate surface area is 174 Å². The fourth-order valence-corrected chi connectivity index (χ4v) is 3.22. The summed E-state index contributed by atoms with van der Waals surface area (Å²) in [6, 6.07) is 8.20. The van der Waals surface area contributed by atoms with Crippen LogP contribution in [-0.4, -0.2) is 62.6 Å². The second kappa shape index (κ2) is 12.1. The van der Waals surface area contributed by atoms with Gasteiger partial charge < -0.3 is 16.0 Å². The lowest BCUT2D eigenvalue weighted by Gasteiger charge is -2.24. The second-order valence-electron chi connectivity index (χ2n) is 6.43. The maximum Gasteiger partial charge on any atom is 0.251 e. The number of likely N-dealkylation sites (N-methyl/N-ethyl adjacent to an activating group) is 1. The van der Waals surface area contributed by atoms with Crippen molar-refractivity contribution >= 4 is 35.8 Å². The largest absolute Gasteiger partial charge is 0.355 e. The quantitative estimate of drug-likeness (QED) is 0.245. The molecular formula is C19H32IN5O. The molecule has 1 amide bonds. The molecule has 6 nitrogen and oxygen atoms in total. The van der Waals surface area contributed by atoms with Crippen molar-refractivity contribution in [2.75, 3.05) is 39.8 Å². The van der Waals surface area contributed by atoms with Crippen LogP contribution in [0.15, 0.2) is 29.3 Å². The molecule has 1 fully saturated rings.